The molecule has 14 aromatic carbocycles. The lowest BCUT2D eigenvalue weighted by Crippen LogP contribution is -2.29. The summed E-state index contributed by atoms with van der Waals surface area (Å²) in [6.45, 7) is 0. The first-order chi connectivity index (χ1) is 44.4. The molecule has 0 amide bonds. The van der Waals surface area contributed by atoms with Gasteiger partial charge >= 0.3 is 7.12 Å². The van der Waals surface area contributed by atoms with Crippen LogP contribution in [-0.4, -0.2) is 46.2 Å². The number of hydrogen-bond acceptors (Lipinski definition) is 6. The summed E-state index contributed by atoms with van der Waals surface area (Å²) in [4.78, 5) is 19.1. The molecule has 0 aliphatic carbocycles. The second kappa shape index (κ2) is 24.6. The van der Waals surface area contributed by atoms with E-state index in [4.69, 9.17) is 21.6 Å². The minimum absolute atomic E-state index is 0. The van der Waals surface area contributed by atoms with Crippen LogP contribution in [-0.2, 0) is 0 Å². The van der Waals surface area contributed by atoms with Gasteiger partial charge in [-0.15, -0.1) is 0 Å². The molecular weight excluding hydrogens is 1150 g/mol. The third kappa shape index (κ3) is 10.3. The number of benzene rings is 14. The maximum atomic E-state index is 9.49. The fourth-order valence-corrected chi connectivity index (χ4v) is 13.3. The van der Waals surface area contributed by atoms with Crippen LogP contribution in [0.15, 0.2) is 304 Å². The first kappa shape index (κ1) is 58.4. The summed E-state index contributed by atoms with van der Waals surface area (Å²) < 4.78 is 4.64. The standard InChI is InChI=1S/C40H25N3.C24H18BNO2.C16H9ClN2.2CH4/c1-3-19-34-30(15-1)31-16-2-4-20-35(31)40-39(34)41-25-36(42-40)28-13-9-11-26(23-28)27-12-10-14-29(24-27)43-37-21-7-5-17-32(37)33-18-6-8-22-38(33)43;27-25(28)19-9-5-7-17(15-19)18-8-6-10-20(16-18)26-23-13-3-1-11-21(23)22-12-2-4-14-24(22)26;17-14-9-18-15-12-7-3-1-5-10(12)11-6-2-4-8-13(11)16(15)19-14;;/h1-25H;1-16,27-28H;1-9H;2*1H4. The van der Waals surface area contributed by atoms with Crippen molar-refractivity contribution >= 4 is 133 Å². The average Bonchev–Trinajstić information content (AvgIpc) is 1.18. The summed E-state index contributed by atoms with van der Waals surface area (Å²) in [5.41, 5.74) is 17.3. The molecule has 0 aliphatic rings. The Morgan fingerprint density at radius 3 is 1.02 bits per heavy atom. The second-order valence-electron chi connectivity index (χ2n) is 22.4. The van der Waals surface area contributed by atoms with Gasteiger partial charge in [0.15, 0.2) is 0 Å². The molecule has 18 rings (SSSR count). The first-order valence-corrected chi connectivity index (χ1v) is 30.3. The zero-order valence-electron chi connectivity index (χ0n) is 48.4. The Bertz CT molecular complexity index is 5660. The van der Waals surface area contributed by atoms with Gasteiger partial charge in [-0.25, -0.2) is 9.97 Å². The summed E-state index contributed by atoms with van der Waals surface area (Å²) >= 11 is 6.00. The van der Waals surface area contributed by atoms with E-state index in [1.807, 2.05) is 60.8 Å². The number of halogens is 1. The molecule has 2 N–H and O–H groups in total. The number of fused-ring (bicyclic) bond motifs is 18. The Kier molecular flexibility index (Phi) is 15.6. The summed E-state index contributed by atoms with van der Waals surface area (Å²) in [5, 5.41) is 33.6. The van der Waals surface area contributed by atoms with Gasteiger partial charge in [0, 0.05) is 60.0 Å². The molecule has 0 saturated heterocycles. The van der Waals surface area contributed by atoms with Crippen LogP contribution >= 0.6 is 11.6 Å². The van der Waals surface area contributed by atoms with E-state index in [-0.39, 0.29) is 14.9 Å². The Labute approximate surface area is 537 Å². The maximum absolute atomic E-state index is 9.49. The first-order valence-electron chi connectivity index (χ1n) is 29.9. The van der Waals surface area contributed by atoms with E-state index in [1.54, 1.807) is 12.3 Å². The van der Waals surface area contributed by atoms with Gasteiger partial charge in [0.05, 0.1) is 62.2 Å². The fourth-order valence-electron chi connectivity index (χ4n) is 13.2. The zero-order chi connectivity index (χ0) is 60.2. The molecule has 4 aromatic heterocycles. The van der Waals surface area contributed by atoms with Gasteiger partial charge in [0.25, 0.3) is 0 Å². The molecule has 0 bridgehead atoms. The van der Waals surface area contributed by atoms with Crippen LogP contribution in [0.25, 0.3) is 154 Å². The number of nitrogens with zero attached hydrogens (tertiary/aromatic N) is 6. The van der Waals surface area contributed by atoms with E-state index in [2.05, 4.69) is 250 Å². The molecule has 8 nitrogen and oxygen atoms in total. The van der Waals surface area contributed by atoms with Crippen molar-refractivity contribution in [3.8, 4) is 44.9 Å². The van der Waals surface area contributed by atoms with Crippen molar-refractivity contribution in [3.05, 3.63) is 309 Å². The van der Waals surface area contributed by atoms with Crippen LogP contribution in [0.1, 0.15) is 14.9 Å². The highest BCUT2D eigenvalue weighted by molar-refractivity contribution is 6.58. The molecule has 4 heterocycles. The van der Waals surface area contributed by atoms with Gasteiger partial charge in [0.2, 0.25) is 0 Å². The SMILES string of the molecule is C.C.Clc1cnc2c3ccccc3c3ccccc3c2n1.OB(O)c1cccc(-c2cccc(-n3c4ccccc4c4ccccc43)c2)c1.c1cc(-c2cccc(-n3c4ccccc4c4ccccc43)c2)cc(-c2cnc3c4ccccc4c4ccccc4c3n2)c1. The molecule has 18 aromatic rings. The third-order valence-corrected chi connectivity index (χ3v) is 17.4. The Balaban J connectivity index is 0.000000129. The topological polar surface area (TPSA) is 102 Å². The molecule has 0 aliphatic heterocycles. The molecule has 0 unspecified atom stereocenters. The molecule has 92 heavy (non-hydrogen) atoms. The summed E-state index contributed by atoms with van der Waals surface area (Å²) in [6, 6.07) is 101. The van der Waals surface area contributed by atoms with Crippen LogP contribution in [0.2, 0.25) is 5.15 Å². The van der Waals surface area contributed by atoms with E-state index in [0.29, 0.717) is 10.6 Å². The maximum Gasteiger partial charge on any atom is 0.488 e. The van der Waals surface area contributed by atoms with Crippen LogP contribution in [0.3, 0.4) is 0 Å². The molecule has 10 heteroatoms. The lowest BCUT2D eigenvalue weighted by Gasteiger charge is -2.12. The zero-order valence-corrected chi connectivity index (χ0v) is 49.2. The van der Waals surface area contributed by atoms with Crippen molar-refractivity contribution in [1.82, 2.24) is 29.1 Å². The number of hydrogen-bond donors (Lipinski definition) is 2. The smallest absolute Gasteiger partial charge is 0.423 e. The minimum Gasteiger partial charge on any atom is -0.423 e. The van der Waals surface area contributed by atoms with Crippen LogP contribution in [0.5, 0.6) is 0 Å². The van der Waals surface area contributed by atoms with Crippen molar-refractivity contribution in [2.45, 2.75) is 14.9 Å². The molecule has 0 saturated carbocycles. The molecule has 0 fully saturated rings. The third-order valence-electron chi connectivity index (χ3n) is 17.2. The highest BCUT2D eigenvalue weighted by Crippen LogP contribution is 2.39. The highest BCUT2D eigenvalue weighted by atomic mass is 35.5. The Hall–Kier alpha value is -11.3. The summed E-state index contributed by atoms with van der Waals surface area (Å²) in [6.07, 6.45) is 3.52. The number of aromatic nitrogens is 6. The quantitative estimate of drug-likeness (QED) is 0.127. The van der Waals surface area contributed by atoms with Crippen molar-refractivity contribution in [2.24, 2.45) is 0 Å². The van der Waals surface area contributed by atoms with Crippen molar-refractivity contribution in [2.75, 3.05) is 0 Å². The van der Waals surface area contributed by atoms with E-state index in [9.17, 15) is 10.0 Å². The van der Waals surface area contributed by atoms with E-state index < -0.39 is 7.12 Å². The van der Waals surface area contributed by atoms with Gasteiger partial charge in [-0.2, -0.15) is 0 Å². The van der Waals surface area contributed by atoms with Crippen LogP contribution in [0, 0.1) is 0 Å². The van der Waals surface area contributed by atoms with Crippen molar-refractivity contribution in [3.63, 3.8) is 0 Å². The van der Waals surface area contributed by atoms with Crippen LogP contribution < -0.4 is 5.46 Å². The second-order valence-corrected chi connectivity index (χ2v) is 22.8. The van der Waals surface area contributed by atoms with Gasteiger partial charge < -0.3 is 19.2 Å². The monoisotopic (exact) mass is 1210 g/mol. The van der Waals surface area contributed by atoms with Crippen molar-refractivity contribution in [1.29, 1.82) is 0 Å². The predicted molar refractivity (Wildman–Crippen MR) is 389 cm³/mol. The van der Waals surface area contributed by atoms with Gasteiger partial charge in [-0.3, -0.25) is 9.97 Å². The normalized spacial score (nSPS) is 11.2. The summed E-state index contributed by atoms with van der Waals surface area (Å²) in [5.74, 6) is 0. The van der Waals surface area contributed by atoms with Gasteiger partial charge in [0.1, 0.15) is 5.15 Å². The van der Waals surface area contributed by atoms with Crippen molar-refractivity contribution < 1.29 is 10.0 Å². The summed E-state index contributed by atoms with van der Waals surface area (Å²) in [7, 11) is -1.47. The average molecular weight is 1210 g/mol. The van der Waals surface area contributed by atoms with Gasteiger partial charge in [-0.05, 0) is 104 Å². The number of rotatable bonds is 6. The fraction of sp³-hybridized carbons (Fsp3) is 0.0244. The minimum atomic E-state index is -1.47. The number of para-hydroxylation sites is 4. The highest BCUT2D eigenvalue weighted by Gasteiger charge is 2.18. The molecule has 0 spiro atoms. The van der Waals surface area contributed by atoms with Gasteiger partial charge in [-0.1, -0.05) is 263 Å². The molecule has 0 atom stereocenters. The lowest BCUT2D eigenvalue weighted by atomic mass is 9.79. The largest absolute Gasteiger partial charge is 0.488 e. The lowest BCUT2D eigenvalue weighted by molar-refractivity contribution is 0.426. The van der Waals surface area contributed by atoms with Crippen LogP contribution in [0.4, 0.5) is 0 Å². The molecule has 440 valence electrons. The Morgan fingerprint density at radius 1 is 0.283 bits per heavy atom. The van der Waals surface area contributed by atoms with E-state index in [1.165, 1.54) is 65.2 Å². The predicted octanol–water partition coefficient (Wildman–Crippen LogP) is 20.4. The van der Waals surface area contributed by atoms with E-state index >= 15 is 0 Å². The molecular formula is C82H60BClN6O2. The molecule has 0 radical (unpaired) electrons. The van der Waals surface area contributed by atoms with E-state index in [0.717, 1.165) is 88.5 Å². The Morgan fingerprint density at radius 2 is 0.598 bits per heavy atom.